The molecule has 1 fully saturated rings. The van der Waals surface area contributed by atoms with E-state index in [9.17, 15) is 13.2 Å². The second kappa shape index (κ2) is 12.4. The fourth-order valence-electron chi connectivity index (χ4n) is 4.45. The average molecular weight is 560 g/mol. The predicted molar refractivity (Wildman–Crippen MR) is 153 cm³/mol. The van der Waals surface area contributed by atoms with Gasteiger partial charge in [0.1, 0.15) is 11.3 Å². The highest BCUT2D eigenvalue weighted by molar-refractivity contribution is 7.89. The molecule has 0 aliphatic carbocycles. The Bertz CT molecular complexity index is 1350. The second-order valence-electron chi connectivity index (χ2n) is 9.55. The zero-order valence-electron chi connectivity index (χ0n) is 22.6. The van der Waals surface area contributed by atoms with Gasteiger partial charge in [0.2, 0.25) is 10.0 Å². The number of unbranched alkanes of at least 4 members (excludes halogenated alkanes) is 1. The van der Waals surface area contributed by atoms with E-state index in [0.717, 1.165) is 62.0 Å². The van der Waals surface area contributed by atoms with Crippen LogP contribution in [0.4, 0.5) is 5.13 Å². The molecule has 4 rings (SSSR count). The van der Waals surface area contributed by atoms with Crippen LogP contribution >= 0.6 is 11.3 Å². The second-order valence-corrected chi connectivity index (χ2v) is 12.6. The molecule has 11 heteroatoms. The van der Waals surface area contributed by atoms with Gasteiger partial charge in [0.15, 0.2) is 5.13 Å². The van der Waals surface area contributed by atoms with E-state index in [4.69, 9.17) is 9.72 Å². The molecule has 0 unspecified atom stereocenters. The summed E-state index contributed by atoms with van der Waals surface area (Å²) >= 11 is 1.71. The van der Waals surface area contributed by atoms with Gasteiger partial charge in [-0.25, -0.2) is 17.7 Å². The number of fused-ring (bicyclic) bond motifs is 1. The van der Waals surface area contributed by atoms with E-state index in [0.29, 0.717) is 18.7 Å². The monoisotopic (exact) mass is 559 g/mol. The summed E-state index contributed by atoms with van der Waals surface area (Å²) < 4.78 is 33.4. The number of piperazine rings is 1. The number of anilines is 1. The number of sulfonamides is 1. The molecular formula is C27H37N5O4S2. The molecule has 0 bridgehead atoms. The van der Waals surface area contributed by atoms with E-state index in [1.165, 1.54) is 26.7 Å². The minimum Gasteiger partial charge on any atom is -0.494 e. The maximum absolute atomic E-state index is 12.7. The Morgan fingerprint density at radius 2 is 1.84 bits per heavy atom. The molecule has 1 amide bonds. The molecule has 1 aliphatic rings. The molecule has 0 atom stereocenters. The van der Waals surface area contributed by atoms with Crippen molar-refractivity contribution in [1.29, 1.82) is 0 Å². The Morgan fingerprint density at radius 1 is 1.13 bits per heavy atom. The first-order chi connectivity index (χ1) is 18.2. The number of thiazole rings is 1. The molecule has 1 N–H and O–H groups in total. The molecule has 1 saturated heterocycles. The largest absolute Gasteiger partial charge is 0.494 e. The van der Waals surface area contributed by atoms with Crippen LogP contribution in [0.1, 0.15) is 35.7 Å². The van der Waals surface area contributed by atoms with E-state index < -0.39 is 10.0 Å². The minimum absolute atomic E-state index is 0.201. The first kappa shape index (κ1) is 28.3. The zero-order valence-corrected chi connectivity index (χ0v) is 24.2. The number of nitrogens with zero attached hydrogens (tertiary/aromatic N) is 4. The van der Waals surface area contributed by atoms with E-state index in [1.54, 1.807) is 37.6 Å². The fraction of sp³-hybridized carbons (Fsp3) is 0.481. The summed E-state index contributed by atoms with van der Waals surface area (Å²) in [5.41, 5.74) is 2.58. The van der Waals surface area contributed by atoms with Crippen LogP contribution in [0.25, 0.3) is 10.2 Å². The number of amides is 1. The molecule has 206 valence electrons. The topological polar surface area (TPSA) is 95.1 Å². The number of methoxy groups -OCH3 is 1. The number of hydrogen-bond acceptors (Lipinski definition) is 8. The van der Waals surface area contributed by atoms with Gasteiger partial charge in [-0.15, -0.1) is 0 Å². The van der Waals surface area contributed by atoms with Crippen molar-refractivity contribution in [1.82, 2.24) is 19.5 Å². The van der Waals surface area contributed by atoms with E-state index in [-0.39, 0.29) is 10.8 Å². The molecule has 3 aromatic rings. The number of aromatic nitrogens is 1. The average Bonchev–Trinajstić information content (AvgIpc) is 3.39. The first-order valence-electron chi connectivity index (χ1n) is 13.0. The number of rotatable bonds is 11. The van der Waals surface area contributed by atoms with Crippen molar-refractivity contribution in [3.8, 4) is 5.75 Å². The van der Waals surface area contributed by atoms with Crippen LogP contribution in [0.15, 0.2) is 41.3 Å². The molecule has 9 nitrogen and oxygen atoms in total. The third kappa shape index (κ3) is 6.28. The quantitative estimate of drug-likeness (QED) is 0.384. The van der Waals surface area contributed by atoms with Crippen molar-refractivity contribution < 1.29 is 17.9 Å². The first-order valence-corrected chi connectivity index (χ1v) is 15.3. The summed E-state index contributed by atoms with van der Waals surface area (Å²) in [4.78, 5) is 22.3. The maximum Gasteiger partial charge on any atom is 0.251 e. The number of carbonyl (C=O) groups is 1. The van der Waals surface area contributed by atoms with Crippen molar-refractivity contribution >= 4 is 42.6 Å². The summed E-state index contributed by atoms with van der Waals surface area (Å²) in [6.07, 6.45) is 1.73. The molecule has 2 heterocycles. The van der Waals surface area contributed by atoms with Crippen LogP contribution in [0, 0.1) is 6.92 Å². The van der Waals surface area contributed by atoms with Crippen molar-refractivity contribution in [2.75, 3.05) is 64.9 Å². The maximum atomic E-state index is 12.7. The standard InChI is InChI=1S/C27H37N5O4S2/c1-5-6-14-30(3)38(34,35)22-10-8-21(9-11-22)26(33)28-13-15-31-16-18-32(19-17-31)27-29-24-23(36-4)12-7-20(2)25(24)37-27/h7-12H,5-6,13-19H2,1-4H3,(H,28,33). The lowest BCUT2D eigenvalue weighted by Gasteiger charge is -2.34. The molecular weight excluding hydrogens is 522 g/mol. The summed E-state index contributed by atoms with van der Waals surface area (Å²) in [5, 5.41) is 3.97. The van der Waals surface area contributed by atoms with Gasteiger partial charge in [-0.3, -0.25) is 9.69 Å². The zero-order chi connectivity index (χ0) is 27.3. The van der Waals surface area contributed by atoms with Gasteiger partial charge in [0.25, 0.3) is 5.91 Å². The SMILES string of the molecule is CCCCN(C)S(=O)(=O)c1ccc(C(=O)NCCN2CCN(c3nc4c(OC)ccc(C)c4s3)CC2)cc1. The number of carbonyl (C=O) groups excluding carboxylic acids is 1. The van der Waals surface area contributed by atoms with Crippen LogP contribution in [-0.2, 0) is 10.0 Å². The van der Waals surface area contributed by atoms with Gasteiger partial charge in [-0.05, 0) is 49.2 Å². The van der Waals surface area contributed by atoms with E-state index in [2.05, 4.69) is 28.1 Å². The van der Waals surface area contributed by atoms with E-state index >= 15 is 0 Å². The van der Waals surface area contributed by atoms with Gasteiger partial charge in [-0.2, -0.15) is 0 Å². The normalized spacial score (nSPS) is 14.8. The molecule has 0 radical (unpaired) electrons. The Labute approximate surface area is 229 Å². The van der Waals surface area contributed by atoms with Crippen LogP contribution in [0.2, 0.25) is 0 Å². The third-order valence-electron chi connectivity index (χ3n) is 6.92. The molecule has 0 saturated carbocycles. The van der Waals surface area contributed by atoms with Gasteiger partial charge >= 0.3 is 0 Å². The highest BCUT2D eigenvalue weighted by atomic mass is 32.2. The van der Waals surface area contributed by atoms with Crippen molar-refractivity contribution in [2.45, 2.75) is 31.6 Å². The molecule has 1 aliphatic heterocycles. The smallest absolute Gasteiger partial charge is 0.251 e. The number of hydrogen-bond donors (Lipinski definition) is 1. The van der Waals surface area contributed by atoms with Crippen molar-refractivity contribution in [3.05, 3.63) is 47.5 Å². The summed E-state index contributed by atoms with van der Waals surface area (Å²) in [7, 11) is -0.281. The number of nitrogens with one attached hydrogen (secondary N) is 1. The number of aryl methyl sites for hydroxylation is 1. The minimum atomic E-state index is -3.54. The van der Waals surface area contributed by atoms with Crippen LogP contribution in [0.5, 0.6) is 5.75 Å². The lowest BCUT2D eigenvalue weighted by molar-refractivity contribution is 0.0947. The lowest BCUT2D eigenvalue weighted by Crippen LogP contribution is -2.48. The molecule has 38 heavy (non-hydrogen) atoms. The summed E-state index contributed by atoms with van der Waals surface area (Å²) in [6.45, 7) is 9.40. The highest BCUT2D eigenvalue weighted by Gasteiger charge is 2.22. The summed E-state index contributed by atoms with van der Waals surface area (Å²) in [5.74, 6) is 0.601. The third-order valence-corrected chi connectivity index (χ3v) is 10.0. The summed E-state index contributed by atoms with van der Waals surface area (Å²) in [6, 6.07) is 10.2. The van der Waals surface area contributed by atoms with Crippen LogP contribution < -0.4 is 15.0 Å². The molecule has 2 aromatic carbocycles. The highest BCUT2D eigenvalue weighted by Crippen LogP contribution is 2.36. The van der Waals surface area contributed by atoms with Gasteiger partial charge < -0.3 is 15.0 Å². The fourth-order valence-corrected chi connectivity index (χ4v) is 6.76. The van der Waals surface area contributed by atoms with Crippen LogP contribution in [0.3, 0.4) is 0 Å². The van der Waals surface area contributed by atoms with Crippen molar-refractivity contribution in [2.24, 2.45) is 0 Å². The number of benzene rings is 2. The Hall–Kier alpha value is -2.73. The predicted octanol–water partition coefficient (Wildman–Crippen LogP) is 3.59. The molecule has 0 spiro atoms. The Balaban J connectivity index is 1.25. The van der Waals surface area contributed by atoms with Crippen LogP contribution in [-0.4, -0.2) is 88.5 Å². The van der Waals surface area contributed by atoms with Crippen molar-refractivity contribution in [3.63, 3.8) is 0 Å². The number of ether oxygens (including phenoxy) is 1. The Kier molecular flexibility index (Phi) is 9.24. The Morgan fingerprint density at radius 3 is 2.50 bits per heavy atom. The van der Waals surface area contributed by atoms with Gasteiger partial charge in [-0.1, -0.05) is 30.7 Å². The van der Waals surface area contributed by atoms with E-state index in [1.807, 2.05) is 13.0 Å². The lowest BCUT2D eigenvalue weighted by atomic mass is 10.2. The van der Waals surface area contributed by atoms with Gasteiger partial charge in [0, 0.05) is 58.4 Å². The van der Waals surface area contributed by atoms with Gasteiger partial charge in [0.05, 0.1) is 16.7 Å². The molecule has 1 aromatic heterocycles.